The monoisotopic (exact) mass is 152 g/mol. The van der Waals surface area contributed by atoms with Crippen LogP contribution in [0.25, 0.3) is 0 Å². The molecule has 0 fully saturated rings. The van der Waals surface area contributed by atoms with Gasteiger partial charge in [0.15, 0.2) is 8.46 Å². The summed E-state index contributed by atoms with van der Waals surface area (Å²) in [5, 5.41) is 24.8. The van der Waals surface area contributed by atoms with Gasteiger partial charge in [0, 0.05) is 12.6 Å². The third-order valence-electron chi connectivity index (χ3n) is 0.762. The average Bonchev–Trinajstić information content (AvgIpc) is 1.63. The molecule has 5 heteroatoms. The fourth-order valence-corrected chi connectivity index (χ4v) is 0.668. The van der Waals surface area contributed by atoms with Gasteiger partial charge in [0.1, 0.15) is 0 Å². The molecule has 0 aromatic heterocycles. The van der Waals surface area contributed by atoms with Crippen LogP contribution in [0.1, 0.15) is 12.8 Å². The third kappa shape index (κ3) is 7.98. The fraction of sp³-hybridized carbons (Fsp3) is 1.00. The molecule has 0 saturated carbocycles. The van der Waals surface area contributed by atoms with Crippen LogP contribution in [0.4, 0.5) is 0 Å². The molecule has 0 aliphatic rings. The predicted molar refractivity (Wildman–Crippen MR) is 31.1 cm³/mol. The van der Waals surface area contributed by atoms with Gasteiger partial charge in [0.05, 0.1) is 0 Å². The first kappa shape index (κ1) is 8.98. The predicted octanol–water partition coefficient (Wildman–Crippen LogP) is -0.311. The van der Waals surface area contributed by atoms with Crippen molar-refractivity contribution in [1.82, 2.24) is 0 Å². The summed E-state index contributed by atoms with van der Waals surface area (Å²) in [7, 11) is -0.0403. The summed E-state index contributed by atoms with van der Waals surface area (Å²) < 4.78 is 9.74. The minimum absolute atomic E-state index is 0.0403. The second-order valence-electron chi connectivity index (χ2n) is 1.73. The van der Waals surface area contributed by atoms with Crippen molar-refractivity contribution in [3.63, 3.8) is 0 Å². The van der Waals surface area contributed by atoms with E-state index in [9.17, 15) is 4.57 Å². The highest BCUT2D eigenvalue weighted by atomic mass is 31.1. The van der Waals surface area contributed by atoms with E-state index in [2.05, 4.69) is 0 Å². The number of hydrogen-bond donors (Lipinski definition) is 3. The summed E-state index contributed by atoms with van der Waals surface area (Å²) >= 11 is 0. The molecule has 0 spiro atoms. The Kier molecular flexibility index (Phi) is 3.89. The maximum Gasteiger partial charge on any atom is 0.275 e. The van der Waals surface area contributed by atoms with E-state index in [0.29, 0.717) is 12.6 Å². The van der Waals surface area contributed by atoms with Crippen molar-refractivity contribution < 1.29 is 19.9 Å². The normalized spacial score (nSPS) is 12.3. The van der Waals surface area contributed by atoms with Crippen LogP contribution >= 0.6 is 8.46 Å². The van der Waals surface area contributed by atoms with E-state index in [1.54, 1.807) is 0 Å². The van der Waals surface area contributed by atoms with Crippen molar-refractivity contribution in [3.8, 4) is 0 Å². The minimum Gasteiger partial charge on any atom is -0.344 e. The maximum atomic E-state index is 9.74. The zero-order valence-electron chi connectivity index (χ0n) is 4.82. The lowest BCUT2D eigenvalue weighted by Crippen LogP contribution is -2.26. The first-order valence-electron chi connectivity index (χ1n) is 2.52. The molecule has 0 saturated heterocycles. The molecule has 0 rings (SSSR count). The van der Waals surface area contributed by atoms with Gasteiger partial charge in [-0.1, -0.05) is 0 Å². The average molecular weight is 152 g/mol. The summed E-state index contributed by atoms with van der Waals surface area (Å²) in [6.07, 6.45) is 0.500. The molecular weight excluding hydrogens is 143 g/mol. The zero-order chi connectivity index (χ0) is 7.33. The summed E-state index contributed by atoms with van der Waals surface area (Å²) in [6.45, 7) is 0. The van der Waals surface area contributed by atoms with Gasteiger partial charge in [-0.25, -0.2) is 0 Å². The second-order valence-corrected chi connectivity index (χ2v) is 2.44. The summed E-state index contributed by atoms with van der Waals surface area (Å²) in [4.78, 5) is 0. The minimum atomic E-state index is -2.59. The second kappa shape index (κ2) is 3.90. The van der Waals surface area contributed by atoms with Gasteiger partial charge in [-0.15, -0.1) is 0 Å². The first-order chi connectivity index (χ1) is 4.06. The lowest BCUT2D eigenvalue weighted by Gasteiger charge is -2.11. The Morgan fingerprint density at radius 2 is 1.89 bits per heavy atom. The van der Waals surface area contributed by atoms with E-state index >= 15 is 0 Å². The highest BCUT2D eigenvalue weighted by Gasteiger charge is 2.16. The molecule has 0 radical (unpaired) electrons. The van der Waals surface area contributed by atoms with Crippen LogP contribution < -0.4 is 0 Å². The van der Waals surface area contributed by atoms with Crippen LogP contribution in [-0.2, 0) is 4.57 Å². The molecule has 4 nitrogen and oxygen atoms in total. The van der Waals surface area contributed by atoms with Gasteiger partial charge in [-0.3, -0.25) is 4.57 Å². The smallest absolute Gasteiger partial charge is 0.275 e. The molecular formula is C4H9O4P. The summed E-state index contributed by atoms with van der Waals surface area (Å²) in [5.41, 5.74) is 0. The first-order valence-corrected chi connectivity index (χ1v) is 3.52. The van der Waals surface area contributed by atoms with E-state index < -0.39 is 5.97 Å². The Morgan fingerprint density at radius 1 is 1.33 bits per heavy atom. The molecule has 0 aromatic rings. The Morgan fingerprint density at radius 3 is 2.22 bits per heavy atom. The van der Waals surface area contributed by atoms with Gasteiger partial charge >= 0.3 is 0 Å². The Hall–Kier alpha value is -0.0200. The van der Waals surface area contributed by atoms with Gasteiger partial charge in [-0.05, 0) is 6.42 Å². The van der Waals surface area contributed by atoms with Gasteiger partial charge in [-0.2, -0.15) is 0 Å². The molecule has 0 unspecified atom stereocenters. The number of rotatable bonds is 4. The number of aliphatic hydroxyl groups is 3. The van der Waals surface area contributed by atoms with Crippen molar-refractivity contribution in [2.75, 3.05) is 6.16 Å². The van der Waals surface area contributed by atoms with Gasteiger partial charge in [0.2, 0.25) is 0 Å². The van der Waals surface area contributed by atoms with E-state index in [4.69, 9.17) is 15.3 Å². The lowest BCUT2D eigenvalue weighted by molar-refractivity contribution is -0.314. The molecule has 0 bridgehead atoms. The summed E-state index contributed by atoms with van der Waals surface area (Å²) in [6, 6.07) is 0. The fourth-order valence-electron chi connectivity index (χ4n) is 0.381. The Bertz CT molecular complexity index is 87.1. The van der Waals surface area contributed by atoms with Crippen LogP contribution in [0, 0.1) is 0 Å². The molecule has 0 amide bonds. The van der Waals surface area contributed by atoms with Crippen LogP contribution in [0.15, 0.2) is 0 Å². The van der Waals surface area contributed by atoms with E-state index in [0.717, 1.165) is 0 Å². The van der Waals surface area contributed by atoms with Gasteiger partial charge in [0.25, 0.3) is 5.97 Å². The highest BCUT2D eigenvalue weighted by Crippen LogP contribution is 2.07. The lowest BCUT2D eigenvalue weighted by atomic mass is 10.3. The van der Waals surface area contributed by atoms with Crippen molar-refractivity contribution >= 4 is 8.46 Å². The van der Waals surface area contributed by atoms with Crippen LogP contribution in [0.2, 0.25) is 0 Å². The summed E-state index contributed by atoms with van der Waals surface area (Å²) in [5.74, 6) is -2.59. The van der Waals surface area contributed by atoms with E-state index in [-0.39, 0.29) is 14.9 Å². The molecule has 0 aliphatic carbocycles. The largest absolute Gasteiger partial charge is 0.344 e. The van der Waals surface area contributed by atoms with Gasteiger partial charge < -0.3 is 15.3 Å². The number of hydrogen-bond acceptors (Lipinski definition) is 4. The van der Waals surface area contributed by atoms with Crippen LogP contribution in [0.3, 0.4) is 0 Å². The Balaban J connectivity index is 3.17. The Labute approximate surface area is 54.3 Å². The molecule has 3 N–H and O–H groups in total. The van der Waals surface area contributed by atoms with Crippen LogP contribution in [-0.4, -0.2) is 27.5 Å². The van der Waals surface area contributed by atoms with Crippen LogP contribution in [0.5, 0.6) is 0 Å². The van der Waals surface area contributed by atoms with Crippen molar-refractivity contribution in [2.45, 2.75) is 18.8 Å². The molecule has 0 aromatic carbocycles. The maximum absolute atomic E-state index is 9.74. The van der Waals surface area contributed by atoms with E-state index in [1.807, 2.05) is 0 Å². The molecule has 54 valence electrons. The highest BCUT2D eigenvalue weighted by molar-refractivity contribution is 7.23. The topological polar surface area (TPSA) is 77.8 Å². The van der Waals surface area contributed by atoms with E-state index in [1.165, 1.54) is 0 Å². The van der Waals surface area contributed by atoms with Crippen molar-refractivity contribution in [1.29, 1.82) is 0 Å². The molecule has 0 atom stereocenters. The molecule has 9 heavy (non-hydrogen) atoms. The SMILES string of the molecule is O=PCCCC(O)(O)O. The van der Waals surface area contributed by atoms with Crippen molar-refractivity contribution in [3.05, 3.63) is 0 Å². The third-order valence-corrected chi connectivity index (χ3v) is 1.26. The zero-order valence-corrected chi connectivity index (χ0v) is 5.71. The van der Waals surface area contributed by atoms with Crippen molar-refractivity contribution in [2.24, 2.45) is 0 Å². The quantitative estimate of drug-likeness (QED) is 0.293. The molecule has 0 heterocycles. The standard InChI is InChI=1S/C4H9O4P/c5-4(6,7)2-1-3-9-8/h5-7H,1-3H2. The molecule has 0 aliphatic heterocycles.